The van der Waals surface area contributed by atoms with E-state index in [9.17, 15) is 13.2 Å². The number of hydrogen-bond acceptors (Lipinski definition) is 6. The highest BCUT2D eigenvalue weighted by atomic mass is 32.2. The molecule has 1 atom stereocenters. The van der Waals surface area contributed by atoms with Crippen LogP contribution < -0.4 is 19.5 Å². The van der Waals surface area contributed by atoms with Gasteiger partial charge in [-0.05, 0) is 56.2 Å². The van der Waals surface area contributed by atoms with Crippen LogP contribution in [0.5, 0.6) is 17.2 Å². The molecule has 2 aromatic carbocycles. The van der Waals surface area contributed by atoms with Crippen molar-refractivity contribution in [2.45, 2.75) is 37.1 Å². The Bertz CT molecular complexity index is 1040. The Morgan fingerprint density at radius 1 is 0.968 bits per heavy atom. The van der Waals surface area contributed by atoms with Gasteiger partial charge in [0.05, 0.1) is 31.8 Å². The first-order valence-corrected chi connectivity index (χ1v) is 11.5. The lowest BCUT2D eigenvalue weighted by molar-refractivity contribution is 0.102. The van der Waals surface area contributed by atoms with Gasteiger partial charge in [-0.2, -0.15) is 4.31 Å². The lowest BCUT2D eigenvalue weighted by Gasteiger charge is -2.32. The van der Waals surface area contributed by atoms with Gasteiger partial charge in [0.25, 0.3) is 5.91 Å². The number of carbonyl (C=O) groups excluding carboxylic acids is 1. The summed E-state index contributed by atoms with van der Waals surface area (Å²) in [6.45, 7) is 2.46. The Morgan fingerprint density at radius 3 is 2.23 bits per heavy atom. The van der Waals surface area contributed by atoms with E-state index in [4.69, 9.17) is 14.2 Å². The van der Waals surface area contributed by atoms with Crippen LogP contribution in [0.25, 0.3) is 0 Å². The first kappa shape index (κ1) is 22.9. The van der Waals surface area contributed by atoms with Crippen molar-refractivity contribution in [3.05, 3.63) is 42.0 Å². The molecule has 0 spiro atoms. The van der Waals surface area contributed by atoms with E-state index >= 15 is 0 Å². The Kier molecular flexibility index (Phi) is 7.07. The molecule has 9 heteroatoms. The smallest absolute Gasteiger partial charge is 0.259 e. The van der Waals surface area contributed by atoms with E-state index < -0.39 is 15.9 Å². The van der Waals surface area contributed by atoms with E-state index in [1.807, 2.05) is 6.92 Å². The van der Waals surface area contributed by atoms with Gasteiger partial charge < -0.3 is 19.5 Å². The van der Waals surface area contributed by atoms with Crippen LogP contribution in [0, 0.1) is 0 Å². The molecule has 0 radical (unpaired) electrons. The Morgan fingerprint density at radius 2 is 1.65 bits per heavy atom. The van der Waals surface area contributed by atoms with Gasteiger partial charge >= 0.3 is 0 Å². The first-order valence-electron chi connectivity index (χ1n) is 10.1. The predicted octanol–water partition coefficient (Wildman–Crippen LogP) is 3.53. The number of nitrogens with one attached hydrogen (secondary N) is 1. The quantitative estimate of drug-likeness (QED) is 0.696. The summed E-state index contributed by atoms with van der Waals surface area (Å²) in [7, 11) is 0.834. The molecule has 0 bridgehead atoms. The minimum Gasteiger partial charge on any atom is -0.493 e. The van der Waals surface area contributed by atoms with E-state index in [1.54, 1.807) is 28.6 Å². The molecule has 1 heterocycles. The summed E-state index contributed by atoms with van der Waals surface area (Å²) in [5.41, 5.74) is 0.728. The molecule has 1 amide bonds. The third kappa shape index (κ3) is 4.62. The number of nitrogens with zero attached hydrogens (tertiary/aromatic N) is 1. The molecule has 1 fully saturated rings. The summed E-state index contributed by atoms with van der Waals surface area (Å²) in [5.74, 6) is 0.586. The second-order valence-corrected chi connectivity index (χ2v) is 9.21. The number of hydrogen-bond donors (Lipinski definition) is 1. The van der Waals surface area contributed by atoms with Crippen molar-refractivity contribution in [1.82, 2.24) is 4.31 Å². The van der Waals surface area contributed by atoms with Crippen LogP contribution in [0.15, 0.2) is 41.3 Å². The number of sulfonamides is 1. The number of rotatable bonds is 7. The normalized spacial score (nSPS) is 17.1. The summed E-state index contributed by atoms with van der Waals surface area (Å²) >= 11 is 0. The molecule has 1 aliphatic rings. The molecule has 8 nitrogen and oxygen atoms in total. The topological polar surface area (TPSA) is 94.2 Å². The fraction of sp³-hybridized carbons (Fsp3) is 0.409. The summed E-state index contributed by atoms with van der Waals surface area (Å²) in [6, 6.07) is 9.35. The molecule has 31 heavy (non-hydrogen) atoms. The lowest BCUT2D eigenvalue weighted by Crippen LogP contribution is -2.41. The zero-order valence-corrected chi connectivity index (χ0v) is 19.0. The number of benzene rings is 2. The molecular weight excluding hydrogens is 420 g/mol. The zero-order valence-electron chi connectivity index (χ0n) is 18.2. The van der Waals surface area contributed by atoms with Gasteiger partial charge in [-0.25, -0.2) is 8.42 Å². The first-order chi connectivity index (χ1) is 14.8. The number of piperidine rings is 1. The standard InChI is InChI=1S/C22H28N2O6S/c1-15-7-5-6-14-24(15)31(26,27)17-10-8-16(9-11-17)23-22(25)18-12-13-19(28-2)21(30-4)20(18)29-3/h8-13,15H,5-7,14H2,1-4H3,(H,23,25)/t15-/m0/s1. The number of anilines is 1. The largest absolute Gasteiger partial charge is 0.493 e. The van der Waals surface area contributed by atoms with Crippen LogP contribution >= 0.6 is 0 Å². The molecule has 3 rings (SSSR count). The second kappa shape index (κ2) is 9.57. The zero-order chi connectivity index (χ0) is 22.6. The third-order valence-electron chi connectivity index (χ3n) is 5.41. The predicted molar refractivity (Wildman–Crippen MR) is 118 cm³/mol. The highest BCUT2D eigenvalue weighted by Gasteiger charge is 2.31. The molecule has 1 N–H and O–H groups in total. The van der Waals surface area contributed by atoms with Gasteiger partial charge in [0.15, 0.2) is 11.5 Å². The number of amides is 1. The summed E-state index contributed by atoms with van der Waals surface area (Å²) in [5, 5.41) is 2.76. The minimum atomic E-state index is -3.57. The maximum Gasteiger partial charge on any atom is 0.259 e. The van der Waals surface area contributed by atoms with Crippen molar-refractivity contribution in [1.29, 1.82) is 0 Å². The average Bonchev–Trinajstić information content (AvgIpc) is 2.78. The van der Waals surface area contributed by atoms with Gasteiger partial charge in [0, 0.05) is 18.3 Å². The highest BCUT2D eigenvalue weighted by molar-refractivity contribution is 7.89. The van der Waals surface area contributed by atoms with Crippen molar-refractivity contribution in [2.24, 2.45) is 0 Å². The maximum atomic E-state index is 13.0. The van der Waals surface area contributed by atoms with Crippen molar-refractivity contribution in [3.8, 4) is 17.2 Å². The molecule has 2 aromatic rings. The van der Waals surface area contributed by atoms with Crippen LogP contribution in [0.2, 0.25) is 0 Å². The van der Waals surface area contributed by atoms with Gasteiger partial charge in [0.2, 0.25) is 15.8 Å². The average molecular weight is 449 g/mol. The van der Waals surface area contributed by atoms with E-state index in [0.717, 1.165) is 19.3 Å². The van der Waals surface area contributed by atoms with Crippen molar-refractivity contribution < 1.29 is 27.4 Å². The van der Waals surface area contributed by atoms with Gasteiger partial charge in [-0.15, -0.1) is 0 Å². The van der Waals surface area contributed by atoms with Crippen molar-refractivity contribution in [3.63, 3.8) is 0 Å². The minimum absolute atomic E-state index is 0.0179. The van der Waals surface area contributed by atoms with E-state index in [-0.39, 0.29) is 22.3 Å². The molecule has 0 unspecified atom stereocenters. The summed E-state index contributed by atoms with van der Waals surface area (Å²) in [4.78, 5) is 13.0. The van der Waals surface area contributed by atoms with Gasteiger partial charge in [-0.1, -0.05) is 6.42 Å². The fourth-order valence-electron chi connectivity index (χ4n) is 3.75. The van der Waals surface area contributed by atoms with E-state index in [2.05, 4.69) is 5.32 Å². The molecule has 168 valence electrons. The Hall–Kier alpha value is -2.78. The number of carbonyl (C=O) groups is 1. The highest BCUT2D eigenvalue weighted by Crippen LogP contribution is 2.40. The lowest BCUT2D eigenvalue weighted by atomic mass is 10.1. The monoisotopic (exact) mass is 448 g/mol. The molecule has 1 aliphatic heterocycles. The number of ether oxygens (including phenoxy) is 3. The summed E-state index contributed by atoms with van der Waals surface area (Å²) in [6.07, 6.45) is 2.77. The maximum absolute atomic E-state index is 13.0. The number of methoxy groups -OCH3 is 3. The van der Waals surface area contributed by atoms with Gasteiger partial charge in [-0.3, -0.25) is 4.79 Å². The van der Waals surface area contributed by atoms with Crippen LogP contribution in [-0.2, 0) is 10.0 Å². The van der Waals surface area contributed by atoms with Crippen molar-refractivity contribution >= 4 is 21.6 Å². The molecule has 0 aromatic heterocycles. The summed E-state index contributed by atoms with van der Waals surface area (Å²) < 4.78 is 43.4. The molecule has 0 aliphatic carbocycles. The van der Waals surface area contributed by atoms with E-state index in [0.29, 0.717) is 23.7 Å². The van der Waals surface area contributed by atoms with Crippen LogP contribution in [0.1, 0.15) is 36.5 Å². The molecule has 0 saturated carbocycles. The molecular formula is C22H28N2O6S. The fourth-order valence-corrected chi connectivity index (χ4v) is 5.45. The van der Waals surface area contributed by atoms with Crippen molar-refractivity contribution in [2.75, 3.05) is 33.2 Å². The Labute approximate surface area is 183 Å². The SMILES string of the molecule is COc1ccc(C(=O)Nc2ccc(S(=O)(=O)N3CCCC[C@@H]3C)cc2)c(OC)c1OC. The third-order valence-corrected chi connectivity index (χ3v) is 7.44. The van der Waals surface area contributed by atoms with Gasteiger partial charge in [0.1, 0.15) is 0 Å². The Balaban J connectivity index is 1.81. The van der Waals surface area contributed by atoms with E-state index in [1.165, 1.54) is 33.5 Å². The van der Waals surface area contributed by atoms with Crippen LogP contribution in [0.3, 0.4) is 0 Å². The van der Waals surface area contributed by atoms with Crippen LogP contribution in [0.4, 0.5) is 5.69 Å². The molecule has 1 saturated heterocycles. The van der Waals surface area contributed by atoms with Crippen LogP contribution in [-0.4, -0.2) is 52.5 Å². The second-order valence-electron chi connectivity index (χ2n) is 7.32.